The Morgan fingerprint density at radius 3 is 2.41 bits per heavy atom. The largest absolute Gasteiger partial charge is 0.466 e. The number of fused-ring (bicyclic) bond motifs is 3. The first-order chi connectivity index (χ1) is 16.6. The smallest absolute Gasteiger partial charge is 0.334 e. The monoisotopic (exact) mass is 453 g/mol. The first kappa shape index (κ1) is 21.5. The molecule has 1 aliphatic carbocycles. The minimum atomic E-state index is -0.861. The summed E-state index contributed by atoms with van der Waals surface area (Å²) < 4.78 is 25.2. The lowest BCUT2D eigenvalue weighted by Crippen LogP contribution is -2.26. The molecule has 0 radical (unpaired) electrons. The Kier molecular flexibility index (Phi) is 5.64. The lowest BCUT2D eigenvalue weighted by Gasteiger charge is -2.21. The number of carbonyl (C=O) groups excluding carboxylic acids is 2. The van der Waals surface area contributed by atoms with Crippen molar-refractivity contribution in [2.24, 2.45) is 5.92 Å². The molecule has 0 aliphatic heterocycles. The summed E-state index contributed by atoms with van der Waals surface area (Å²) >= 11 is 0. The number of hydrogen-bond donors (Lipinski definition) is 0. The van der Waals surface area contributed by atoms with E-state index in [9.17, 15) is 14.0 Å². The SMILES string of the molecule is COC(=O)/C1=C/c2ccc(F)cc2-c2c(noc2-c2ccccc2)C[C@@H]1C(=O)c1ccccc1. The predicted molar refractivity (Wildman–Crippen MR) is 125 cm³/mol. The lowest BCUT2D eigenvalue weighted by atomic mass is 9.81. The summed E-state index contributed by atoms with van der Waals surface area (Å²) in [5.74, 6) is -1.68. The fourth-order valence-electron chi connectivity index (χ4n) is 4.33. The topological polar surface area (TPSA) is 69.4 Å². The van der Waals surface area contributed by atoms with Crippen LogP contribution in [0.4, 0.5) is 4.39 Å². The van der Waals surface area contributed by atoms with Gasteiger partial charge in [-0.3, -0.25) is 4.79 Å². The highest BCUT2D eigenvalue weighted by molar-refractivity contribution is 6.08. The van der Waals surface area contributed by atoms with Crippen molar-refractivity contribution in [1.82, 2.24) is 5.16 Å². The Morgan fingerprint density at radius 2 is 1.71 bits per heavy atom. The van der Waals surface area contributed by atoms with Crippen LogP contribution >= 0.6 is 0 Å². The number of esters is 1. The number of nitrogens with zero attached hydrogens (tertiary/aromatic N) is 1. The number of methoxy groups -OCH3 is 1. The fraction of sp³-hybridized carbons (Fsp3) is 0.107. The van der Waals surface area contributed by atoms with Crippen molar-refractivity contribution >= 4 is 17.8 Å². The number of rotatable bonds is 4. The molecular weight excluding hydrogens is 433 g/mol. The molecule has 0 spiro atoms. The van der Waals surface area contributed by atoms with Gasteiger partial charge in [-0.1, -0.05) is 71.9 Å². The second-order valence-corrected chi connectivity index (χ2v) is 8.01. The molecular formula is C28H20FNO4. The summed E-state index contributed by atoms with van der Waals surface area (Å²) in [5.41, 5.74) is 3.59. The molecule has 0 bridgehead atoms. The van der Waals surface area contributed by atoms with Crippen LogP contribution in [0, 0.1) is 11.7 Å². The fourth-order valence-corrected chi connectivity index (χ4v) is 4.33. The molecule has 4 aromatic rings. The normalized spacial score (nSPS) is 16.3. The second kappa shape index (κ2) is 8.90. The second-order valence-electron chi connectivity index (χ2n) is 8.01. The van der Waals surface area contributed by atoms with Gasteiger partial charge in [0.2, 0.25) is 0 Å². The molecule has 0 saturated carbocycles. The van der Waals surface area contributed by atoms with E-state index in [1.54, 1.807) is 36.4 Å². The molecule has 3 aromatic carbocycles. The zero-order valence-electron chi connectivity index (χ0n) is 18.3. The summed E-state index contributed by atoms with van der Waals surface area (Å²) in [4.78, 5) is 26.4. The third kappa shape index (κ3) is 3.83. The number of carbonyl (C=O) groups is 2. The number of ether oxygens (including phenoxy) is 1. The zero-order valence-corrected chi connectivity index (χ0v) is 18.3. The number of benzene rings is 3. The molecule has 5 rings (SSSR count). The maximum absolute atomic E-state index is 14.4. The maximum Gasteiger partial charge on any atom is 0.334 e. The Balaban J connectivity index is 1.77. The van der Waals surface area contributed by atoms with Crippen molar-refractivity contribution in [1.29, 1.82) is 0 Å². The molecule has 1 heterocycles. The first-order valence-electron chi connectivity index (χ1n) is 10.8. The maximum atomic E-state index is 14.4. The van der Waals surface area contributed by atoms with E-state index in [2.05, 4.69) is 5.16 Å². The van der Waals surface area contributed by atoms with Crippen molar-refractivity contribution in [2.45, 2.75) is 6.42 Å². The van der Waals surface area contributed by atoms with Gasteiger partial charge < -0.3 is 9.26 Å². The van der Waals surface area contributed by atoms with Crippen LogP contribution in [-0.4, -0.2) is 24.0 Å². The van der Waals surface area contributed by atoms with Gasteiger partial charge in [0.1, 0.15) is 5.82 Å². The molecule has 6 heteroatoms. The molecule has 0 N–H and O–H groups in total. The standard InChI is InChI=1S/C28H20FNO4/c1-33-28(32)23-14-19-12-13-20(29)15-21(19)25-24(30-34-27(25)18-10-6-3-7-11-18)16-22(23)26(31)17-8-4-2-5-9-17/h2-15,22H,16H2,1H3/b23-14+/t22-/m0/s1. The van der Waals surface area contributed by atoms with Crippen LogP contribution in [-0.2, 0) is 16.0 Å². The molecule has 168 valence electrons. The van der Waals surface area contributed by atoms with Crippen LogP contribution in [0.3, 0.4) is 0 Å². The quantitative estimate of drug-likeness (QED) is 0.290. The van der Waals surface area contributed by atoms with Crippen molar-refractivity contribution in [3.8, 4) is 22.5 Å². The van der Waals surface area contributed by atoms with E-state index >= 15 is 0 Å². The summed E-state index contributed by atoms with van der Waals surface area (Å²) in [6.07, 6.45) is 1.70. The van der Waals surface area contributed by atoms with E-state index < -0.39 is 17.7 Å². The number of hydrogen-bond acceptors (Lipinski definition) is 5. The average molecular weight is 453 g/mol. The Morgan fingerprint density at radius 1 is 1.00 bits per heavy atom. The van der Waals surface area contributed by atoms with Crippen LogP contribution in [0.5, 0.6) is 0 Å². The molecule has 1 atom stereocenters. The van der Waals surface area contributed by atoms with E-state index in [4.69, 9.17) is 9.26 Å². The zero-order chi connectivity index (χ0) is 23.7. The summed E-state index contributed by atoms with van der Waals surface area (Å²) in [7, 11) is 1.27. The highest BCUT2D eigenvalue weighted by Gasteiger charge is 2.35. The number of ketones is 1. The molecule has 0 fully saturated rings. The van der Waals surface area contributed by atoms with Crippen LogP contribution < -0.4 is 0 Å². The molecule has 1 aliphatic rings. The number of Topliss-reactive ketones (excluding diaryl/α,β-unsaturated/α-hetero) is 1. The van der Waals surface area contributed by atoms with Crippen molar-refractivity contribution < 1.29 is 23.2 Å². The van der Waals surface area contributed by atoms with E-state index in [-0.39, 0.29) is 17.8 Å². The minimum absolute atomic E-state index is 0.0935. The van der Waals surface area contributed by atoms with Crippen LogP contribution in [0.25, 0.3) is 28.5 Å². The molecule has 0 amide bonds. The van der Waals surface area contributed by atoms with E-state index in [1.807, 2.05) is 36.4 Å². The summed E-state index contributed by atoms with van der Waals surface area (Å²) in [6, 6.07) is 22.4. The highest BCUT2D eigenvalue weighted by Crippen LogP contribution is 2.42. The molecule has 5 nitrogen and oxygen atoms in total. The molecule has 0 saturated heterocycles. The number of aromatic nitrogens is 1. The van der Waals surface area contributed by atoms with Gasteiger partial charge in [0.15, 0.2) is 11.5 Å². The molecule has 1 aromatic heterocycles. The third-order valence-electron chi connectivity index (χ3n) is 5.96. The van der Waals surface area contributed by atoms with Crippen molar-refractivity contribution in [3.63, 3.8) is 0 Å². The van der Waals surface area contributed by atoms with Gasteiger partial charge in [-0.2, -0.15) is 0 Å². The average Bonchev–Trinajstić information content (AvgIpc) is 3.28. The Labute approximate surface area is 195 Å². The molecule has 0 unspecified atom stereocenters. The van der Waals surface area contributed by atoms with Gasteiger partial charge in [0.25, 0.3) is 0 Å². The first-order valence-corrected chi connectivity index (χ1v) is 10.8. The number of halogens is 1. The predicted octanol–water partition coefficient (Wildman–Crippen LogP) is 5.76. The van der Waals surface area contributed by atoms with Gasteiger partial charge in [-0.25, -0.2) is 9.18 Å². The molecule has 34 heavy (non-hydrogen) atoms. The highest BCUT2D eigenvalue weighted by atomic mass is 19.1. The lowest BCUT2D eigenvalue weighted by molar-refractivity contribution is -0.136. The van der Waals surface area contributed by atoms with Crippen LogP contribution in [0.1, 0.15) is 21.6 Å². The Bertz CT molecular complexity index is 1410. The summed E-state index contributed by atoms with van der Waals surface area (Å²) in [5, 5.41) is 4.28. The summed E-state index contributed by atoms with van der Waals surface area (Å²) in [6.45, 7) is 0. The minimum Gasteiger partial charge on any atom is -0.466 e. The Hall–Kier alpha value is -4.32. The van der Waals surface area contributed by atoms with E-state index in [0.717, 1.165) is 5.56 Å². The van der Waals surface area contributed by atoms with E-state index in [1.165, 1.54) is 19.2 Å². The van der Waals surface area contributed by atoms with Crippen molar-refractivity contribution in [3.05, 3.63) is 107 Å². The van der Waals surface area contributed by atoms with Gasteiger partial charge in [-0.15, -0.1) is 0 Å². The van der Waals surface area contributed by atoms with E-state index in [0.29, 0.717) is 33.7 Å². The van der Waals surface area contributed by atoms with Crippen LogP contribution in [0.2, 0.25) is 0 Å². The van der Waals surface area contributed by atoms with Crippen molar-refractivity contribution in [2.75, 3.05) is 7.11 Å². The van der Waals surface area contributed by atoms with Gasteiger partial charge in [0, 0.05) is 23.1 Å². The van der Waals surface area contributed by atoms with Gasteiger partial charge in [0.05, 0.1) is 24.3 Å². The van der Waals surface area contributed by atoms with Gasteiger partial charge >= 0.3 is 5.97 Å². The third-order valence-corrected chi connectivity index (χ3v) is 5.96. The van der Waals surface area contributed by atoms with Crippen LogP contribution in [0.15, 0.2) is 89.0 Å². The van der Waals surface area contributed by atoms with Gasteiger partial charge in [-0.05, 0) is 29.3 Å².